The number of hydrogen-bond donors (Lipinski definition) is 0. The summed E-state index contributed by atoms with van der Waals surface area (Å²) < 4.78 is 3.76. The quantitative estimate of drug-likeness (QED) is 0.767. The van der Waals surface area contributed by atoms with Crippen molar-refractivity contribution in [3.05, 3.63) is 24.0 Å². The monoisotopic (exact) mass is 386 g/mol. The molecule has 4 rings (SSSR count). The lowest BCUT2D eigenvalue weighted by molar-refractivity contribution is -0.133. The van der Waals surface area contributed by atoms with Crippen LogP contribution in [0, 0.1) is 0 Å². The highest BCUT2D eigenvalue weighted by molar-refractivity contribution is 5.76. The molecular formula is C19H30N8O. The Labute approximate surface area is 165 Å². The summed E-state index contributed by atoms with van der Waals surface area (Å²) in [5.74, 6) is 2.59. The molecule has 28 heavy (non-hydrogen) atoms. The summed E-state index contributed by atoms with van der Waals surface area (Å²) in [4.78, 5) is 16.9. The van der Waals surface area contributed by atoms with Gasteiger partial charge in [-0.15, -0.1) is 15.3 Å². The Morgan fingerprint density at radius 1 is 1.07 bits per heavy atom. The summed E-state index contributed by atoms with van der Waals surface area (Å²) in [6.45, 7) is 4.98. The maximum Gasteiger partial charge on any atom is 0.244 e. The maximum atomic E-state index is 12.4. The molecule has 0 bridgehead atoms. The van der Waals surface area contributed by atoms with Gasteiger partial charge in [0.2, 0.25) is 5.91 Å². The lowest BCUT2D eigenvalue weighted by Gasteiger charge is -2.31. The van der Waals surface area contributed by atoms with Crippen LogP contribution in [0.4, 0.5) is 0 Å². The summed E-state index contributed by atoms with van der Waals surface area (Å²) in [7, 11) is 2.09. The van der Waals surface area contributed by atoms with Crippen molar-refractivity contribution in [2.45, 2.75) is 57.5 Å². The van der Waals surface area contributed by atoms with E-state index in [1.807, 2.05) is 4.90 Å². The number of nitrogens with zero attached hydrogens (tertiary/aromatic N) is 8. The second kappa shape index (κ2) is 8.81. The van der Waals surface area contributed by atoms with Crippen LogP contribution < -0.4 is 0 Å². The van der Waals surface area contributed by atoms with Gasteiger partial charge < -0.3 is 9.47 Å². The molecule has 2 saturated heterocycles. The number of carbonyl (C=O) groups excluding carboxylic acids is 1. The van der Waals surface area contributed by atoms with Crippen LogP contribution in [0.25, 0.3) is 0 Å². The molecule has 9 heteroatoms. The topological polar surface area (TPSA) is 85.0 Å². The van der Waals surface area contributed by atoms with Crippen LogP contribution in [0.3, 0.4) is 0 Å². The highest BCUT2D eigenvalue weighted by Crippen LogP contribution is 2.27. The lowest BCUT2D eigenvalue weighted by Crippen LogP contribution is -2.40. The number of piperidine rings is 1. The molecule has 2 aromatic rings. The van der Waals surface area contributed by atoms with Crippen LogP contribution in [-0.4, -0.2) is 71.6 Å². The van der Waals surface area contributed by atoms with E-state index in [1.54, 1.807) is 17.1 Å². The third-order valence-electron chi connectivity index (χ3n) is 6.04. The van der Waals surface area contributed by atoms with E-state index in [1.165, 1.54) is 25.7 Å². The summed E-state index contributed by atoms with van der Waals surface area (Å²) >= 11 is 0. The molecule has 0 aromatic carbocycles. The first-order valence-corrected chi connectivity index (χ1v) is 10.4. The molecule has 0 aliphatic carbocycles. The molecule has 2 aliphatic rings. The normalized spacial score (nSPS) is 19.7. The Morgan fingerprint density at radius 3 is 2.50 bits per heavy atom. The molecule has 2 fully saturated rings. The lowest BCUT2D eigenvalue weighted by atomic mass is 9.96. The van der Waals surface area contributed by atoms with Crippen LogP contribution in [-0.2, 0) is 24.9 Å². The van der Waals surface area contributed by atoms with E-state index >= 15 is 0 Å². The van der Waals surface area contributed by atoms with E-state index in [-0.39, 0.29) is 12.5 Å². The molecule has 0 spiro atoms. The Morgan fingerprint density at radius 2 is 1.82 bits per heavy atom. The van der Waals surface area contributed by atoms with Crippen molar-refractivity contribution in [1.29, 1.82) is 0 Å². The van der Waals surface area contributed by atoms with Crippen molar-refractivity contribution in [2.75, 3.05) is 26.2 Å². The van der Waals surface area contributed by atoms with Gasteiger partial charge in [0.25, 0.3) is 0 Å². The molecule has 0 saturated carbocycles. The predicted molar refractivity (Wildman–Crippen MR) is 103 cm³/mol. The minimum absolute atomic E-state index is 0.101. The van der Waals surface area contributed by atoms with Gasteiger partial charge in [0.1, 0.15) is 18.2 Å². The summed E-state index contributed by atoms with van der Waals surface area (Å²) in [5.41, 5.74) is 0. The van der Waals surface area contributed by atoms with E-state index in [9.17, 15) is 4.79 Å². The number of rotatable bonds is 5. The van der Waals surface area contributed by atoms with Crippen molar-refractivity contribution in [3.63, 3.8) is 0 Å². The fourth-order valence-corrected chi connectivity index (χ4v) is 4.31. The SMILES string of the molecule is Cn1c(CN2CCCCCC2)nnc1C1CCN(C(=O)Cn2ccnn2)CC1. The van der Waals surface area contributed by atoms with Gasteiger partial charge in [-0.3, -0.25) is 9.69 Å². The average molecular weight is 387 g/mol. The van der Waals surface area contributed by atoms with Crippen LogP contribution in [0.5, 0.6) is 0 Å². The third-order valence-corrected chi connectivity index (χ3v) is 6.04. The van der Waals surface area contributed by atoms with Crippen LogP contribution in [0.15, 0.2) is 12.4 Å². The minimum Gasteiger partial charge on any atom is -0.341 e. The molecule has 1 amide bonds. The molecule has 2 aromatic heterocycles. The minimum atomic E-state index is 0.101. The fourth-order valence-electron chi connectivity index (χ4n) is 4.31. The molecule has 2 aliphatic heterocycles. The molecule has 4 heterocycles. The van der Waals surface area contributed by atoms with Gasteiger partial charge in [-0.2, -0.15) is 0 Å². The van der Waals surface area contributed by atoms with Gasteiger partial charge >= 0.3 is 0 Å². The number of hydrogen-bond acceptors (Lipinski definition) is 6. The van der Waals surface area contributed by atoms with Gasteiger partial charge in [-0.1, -0.05) is 18.1 Å². The zero-order valence-corrected chi connectivity index (χ0v) is 16.7. The van der Waals surface area contributed by atoms with E-state index in [2.05, 4.69) is 37.0 Å². The van der Waals surface area contributed by atoms with Crippen LogP contribution >= 0.6 is 0 Å². The predicted octanol–water partition coefficient (Wildman–Crippen LogP) is 1.19. The van der Waals surface area contributed by atoms with Gasteiger partial charge in [0, 0.05) is 32.3 Å². The van der Waals surface area contributed by atoms with Gasteiger partial charge in [-0.05, 0) is 38.8 Å². The van der Waals surface area contributed by atoms with E-state index in [4.69, 9.17) is 0 Å². The van der Waals surface area contributed by atoms with Crippen molar-refractivity contribution < 1.29 is 4.79 Å². The Bertz CT molecular complexity index is 755. The van der Waals surface area contributed by atoms with Crippen molar-refractivity contribution in [3.8, 4) is 0 Å². The van der Waals surface area contributed by atoms with Crippen molar-refractivity contribution in [1.82, 2.24) is 39.6 Å². The van der Waals surface area contributed by atoms with E-state index < -0.39 is 0 Å². The van der Waals surface area contributed by atoms with Crippen LogP contribution in [0.2, 0.25) is 0 Å². The first kappa shape index (κ1) is 19.0. The highest BCUT2D eigenvalue weighted by atomic mass is 16.2. The van der Waals surface area contributed by atoms with E-state index in [0.717, 1.165) is 57.2 Å². The number of aromatic nitrogens is 6. The second-order valence-corrected chi connectivity index (χ2v) is 7.98. The Balaban J connectivity index is 1.32. The summed E-state index contributed by atoms with van der Waals surface area (Å²) in [6.07, 6.45) is 10.4. The third kappa shape index (κ3) is 4.40. The Hall–Kier alpha value is -2.29. The number of amides is 1. The fraction of sp³-hybridized carbons (Fsp3) is 0.737. The molecule has 0 N–H and O–H groups in total. The first-order chi connectivity index (χ1) is 13.7. The molecule has 9 nitrogen and oxygen atoms in total. The molecule has 0 radical (unpaired) electrons. The summed E-state index contributed by atoms with van der Waals surface area (Å²) in [5, 5.41) is 16.6. The number of carbonyl (C=O) groups is 1. The summed E-state index contributed by atoms with van der Waals surface area (Å²) in [6, 6.07) is 0. The second-order valence-electron chi connectivity index (χ2n) is 7.98. The number of likely N-dealkylation sites (tertiary alicyclic amines) is 2. The zero-order valence-electron chi connectivity index (χ0n) is 16.7. The molecule has 0 atom stereocenters. The smallest absolute Gasteiger partial charge is 0.244 e. The average Bonchev–Trinajstić information content (AvgIpc) is 3.26. The van der Waals surface area contributed by atoms with Gasteiger partial charge in [-0.25, -0.2) is 4.68 Å². The highest BCUT2D eigenvalue weighted by Gasteiger charge is 2.27. The molecule has 0 unspecified atom stereocenters. The van der Waals surface area contributed by atoms with Gasteiger partial charge in [0.05, 0.1) is 12.7 Å². The largest absolute Gasteiger partial charge is 0.341 e. The zero-order chi connectivity index (χ0) is 19.3. The maximum absolute atomic E-state index is 12.4. The first-order valence-electron chi connectivity index (χ1n) is 10.4. The van der Waals surface area contributed by atoms with E-state index in [0.29, 0.717) is 5.92 Å². The standard InChI is InChI=1S/C19H30N8O/c1-24-17(14-25-9-4-2-3-5-10-25)21-22-19(24)16-6-11-26(12-7-16)18(28)15-27-13-8-20-23-27/h8,13,16H,2-7,9-12,14-15H2,1H3. The van der Waals surface area contributed by atoms with Gasteiger partial charge in [0.15, 0.2) is 0 Å². The van der Waals surface area contributed by atoms with Crippen LogP contribution in [0.1, 0.15) is 56.1 Å². The molecule has 152 valence electrons. The molecular weight excluding hydrogens is 356 g/mol. The van der Waals surface area contributed by atoms with Crippen molar-refractivity contribution >= 4 is 5.91 Å². The van der Waals surface area contributed by atoms with Crippen molar-refractivity contribution in [2.24, 2.45) is 7.05 Å². The Kier molecular flexibility index (Phi) is 5.99.